The minimum absolute atomic E-state index is 0.126. The number of nitrogens with one attached hydrogen (secondary N) is 2. The summed E-state index contributed by atoms with van der Waals surface area (Å²) in [5, 5.41) is 24.0. The molecule has 5 heteroatoms. The Morgan fingerprint density at radius 1 is 1.30 bits per heavy atom. The summed E-state index contributed by atoms with van der Waals surface area (Å²) in [5.41, 5.74) is 2.01. The molecule has 0 saturated heterocycles. The van der Waals surface area contributed by atoms with Gasteiger partial charge in [0.15, 0.2) is 0 Å². The third-order valence-corrected chi connectivity index (χ3v) is 3.29. The van der Waals surface area contributed by atoms with E-state index in [0.29, 0.717) is 19.0 Å². The van der Waals surface area contributed by atoms with Gasteiger partial charge in [-0.3, -0.25) is 4.79 Å². The molecule has 4 N–H and O–H groups in total. The molecule has 1 aromatic carbocycles. The molecule has 0 bridgehead atoms. The molecule has 1 aromatic rings. The van der Waals surface area contributed by atoms with Gasteiger partial charge in [-0.05, 0) is 37.0 Å². The van der Waals surface area contributed by atoms with Gasteiger partial charge in [-0.2, -0.15) is 0 Å². The number of hydrogen-bond donors (Lipinski definition) is 4. The fourth-order valence-electron chi connectivity index (χ4n) is 1.87. The molecule has 5 nitrogen and oxygen atoms in total. The third kappa shape index (κ3) is 5.19. The average Bonchev–Trinajstić information content (AvgIpc) is 3.27. The lowest BCUT2D eigenvalue weighted by molar-refractivity contribution is -0.121. The van der Waals surface area contributed by atoms with Crippen LogP contribution in [0.4, 0.5) is 5.69 Å². The normalized spacial score (nSPS) is 15.7. The fraction of sp³-hybridized carbons (Fsp3) is 0.533. The molecular formula is C15H22N2O3. The number of carbonyl (C=O) groups is 1. The van der Waals surface area contributed by atoms with Crippen LogP contribution < -0.4 is 10.6 Å². The number of rotatable bonds is 8. The number of amides is 1. The standard InChI is InChI=1S/C15H22N2O3/c18-10-14(19)9-16-12-4-1-11(2-5-12)3-8-15(20)17-13-6-7-13/h1-2,4-5,13-14,16,18-19H,3,6-10H2,(H,17,20). The Hall–Kier alpha value is -1.59. The second kappa shape index (κ2) is 7.26. The summed E-state index contributed by atoms with van der Waals surface area (Å²) >= 11 is 0. The van der Waals surface area contributed by atoms with Crippen molar-refractivity contribution in [3.63, 3.8) is 0 Å². The van der Waals surface area contributed by atoms with Crippen molar-refractivity contribution in [2.75, 3.05) is 18.5 Å². The van der Waals surface area contributed by atoms with Gasteiger partial charge in [0.05, 0.1) is 12.7 Å². The van der Waals surface area contributed by atoms with Crippen LogP contribution in [0, 0.1) is 0 Å². The first-order chi connectivity index (χ1) is 9.67. The van der Waals surface area contributed by atoms with Crippen LogP contribution in [-0.2, 0) is 11.2 Å². The van der Waals surface area contributed by atoms with Crippen molar-refractivity contribution in [1.29, 1.82) is 0 Å². The Bertz CT molecular complexity index is 429. The molecule has 2 rings (SSSR count). The van der Waals surface area contributed by atoms with Gasteiger partial charge in [-0.25, -0.2) is 0 Å². The van der Waals surface area contributed by atoms with Crippen LogP contribution in [0.3, 0.4) is 0 Å². The smallest absolute Gasteiger partial charge is 0.220 e. The fourth-order valence-corrected chi connectivity index (χ4v) is 1.87. The van der Waals surface area contributed by atoms with Gasteiger partial charge in [0, 0.05) is 24.7 Å². The molecule has 1 fully saturated rings. The van der Waals surface area contributed by atoms with E-state index in [4.69, 9.17) is 5.11 Å². The summed E-state index contributed by atoms with van der Waals surface area (Å²) < 4.78 is 0. The zero-order valence-electron chi connectivity index (χ0n) is 11.5. The van der Waals surface area contributed by atoms with E-state index in [0.717, 1.165) is 30.5 Å². The zero-order valence-corrected chi connectivity index (χ0v) is 11.5. The molecule has 1 saturated carbocycles. The first kappa shape index (κ1) is 14.8. The van der Waals surface area contributed by atoms with Crippen molar-refractivity contribution in [2.24, 2.45) is 0 Å². The van der Waals surface area contributed by atoms with Crippen LogP contribution in [0.15, 0.2) is 24.3 Å². The Morgan fingerprint density at radius 2 is 2.00 bits per heavy atom. The van der Waals surface area contributed by atoms with Gasteiger partial charge in [-0.1, -0.05) is 12.1 Å². The third-order valence-electron chi connectivity index (χ3n) is 3.29. The van der Waals surface area contributed by atoms with E-state index in [-0.39, 0.29) is 12.5 Å². The van der Waals surface area contributed by atoms with Crippen LogP contribution in [0.1, 0.15) is 24.8 Å². The summed E-state index contributed by atoms with van der Waals surface area (Å²) in [6.45, 7) is 0.0703. The monoisotopic (exact) mass is 278 g/mol. The molecule has 1 atom stereocenters. The highest BCUT2D eigenvalue weighted by molar-refractivity contribution is 5.76. The van der Waals surface area contributed by atoms with E-state index >= 15 is 0 Å². The molecule has 1 amide bonds. The number of aliphatic hydroxyl groups is 2. The van der Waals surface area contributed by atoms with E-state index < -0.39 is 6.10 Å². The lowest BCUT2D eigenvalue weighted by Crippen LogP contribution is -2.25. The number of aryl methyl sites for hydroxylation is 1. The summed E-state index contributed by atoms with van der Waals surface area (Å²) in [4.78, 5) is 11.6. The second-order valence-corrected chi connectivity index (χ2v) is 5.26. The Balaban J connectivity index is 1.71. The van der Waals surface area contributed by atoms with Gasteiger partial charge in [0.2, 0.25) is 5.91 Å². The predicted octanol–water partition coefficient (Wildman–Crippen LogP) is 0.663. The molecular weight excluding hydrogens is 256 g/mol. The minimum atomic E-state index is -0.749. The Morgan fingerprint density at radius 3 is 2.60 bits per heavy atom. The maximum Gasteiger partial charge on any atom is 0.220 e. The number of aliphatic hydroxyl groups excluding tert-OH is 2. The molecule has 20 heavy (non-hydrogen) atoms. The number of benzene rings is 1. The number of hydrogen-bond acceptors (Lipinski definition) is 4. The van der Waals surface area contributed by atoms with Gasteiger partial charge in [-0.15, -0.1) is 0 Å². The molecule has 1 unspecified atom stereocenters. The van der Waals surface area contributed by atoms with Crippen molar-refractivity contribution >= 4 is 11.6 Å². The van der Waals surface area contributed by atoms with Crippen LogP contribution in [0.5, 0.6) is 0 Å². The van der Waals surface area contributed by atoms with Gasteiger partial charge < -0.3 is 20.8 Å². The van der Waals surface area contributed by atoms with Crippen LogP contribution in [0.25, 0.3) is 0 Å². The predicted molar refractivity (Wildman–Crippen MR) is 77.5 cm³/mol. The molecule has 0 heterocycles. The molecule has 0 aliphatic heterocycles. The zero-order chi connectivity index (χ0) is 14.4. The van der Waals surface area contributed by atoms with Crippen molar-refractivity contribution < 1.29 is 15.0 Å². The van der Waals surface area contributed by atoms with E-state index in [2.05, 4.69) is 10.6 Å². The van der Waals surface area contributed by atoms with Gasteiger partial charge in [0.1, 0.15) is 0 Å². The summed E-state index contributed by atoms with van der Waals surface area (Å²) in [7, 11) is 0. The highest BCUT2D eigenvalue weighted by Gasteiger charge is 2.22. The maximum atomic E-state index is 11.6. The lowest BCUT2D eigenvalue weighted by atomic mass is 10.1. The molecule has 1 aliphatic rings. The summed E-state index contributed by atoms with van der Waals surface area (Å²) in [6.07, 6.45) is 2.74. The van der Waals surface area contributed by atoms with E-state index in [1.807, 2.05) is 24.3 Å². The van der Waals surface area contributed by atoms with Crippen molar-refractivity contribution in [3.8, 4) is 0 Å². The Labute approximate surface area is 119 Å². The molecule has 1 aliphatic carbocycles. The molecule has 0 aromatic heterocycles. The quantitative estimate of drug-likeness (QED) is 0.563. The number of anilines is 1. The molecule has 0 radical (unpaired) electrons. The first-order valence-corrected chi connectivity index (χ1v) is 7.08. The highest BCUT2D eigenvalue weighted by Crippen LogP contribution is 2.19. The second-order valence-electron chi connectivity index (χ2n) is 5.26. The van der Waals surface area contributed by atoms with Crippen molar-refractivity contribution in [3.05, 3.63) is 29.8 Å². The lowest BCUT2D eigenvalue weighted by Gasteiger charge is -2.10. The molecule has 110 valence electrons. The van der Waals surface area contributed by atoms with E-state index in [1.165, 1.54) is 0 Å². The van der Waals surface area contributed by atoms with Gasteiger partial charge >= 0.3 is 0 Å². The highest BCUT2D eigenvalue weighted by atomic mass is 16.3. The summed E-state index contributed by atoms with van der Waals surface area (Å²) in [6, 6.07) is 8.19. The largest absolute Gasteiger partial charge is 0.394 e. The van der Waals surface area contributed by atoms with Crippen LogP contribution in [0.2, 0.25) is 0 Å². The summed E-state index contributed by atoms with van der Waals surface area (Å²) in [5.74, 6) is 0.126. The first-order valence-electron chi connectivity index (χ1n) is 7.08. The van der Waals surface area contributed by atoms with Crippen LogP contribution in [-0.4, -0.2) is 41.4 Å². The van der Waals surface area contributed by atoms with E-state index in [1.54, 1.807) is 0 Å². The molecule has 0 spiro atoms. The minimum Gasteiger partial charge on any atom is -0.394 e. The van der Waals surface area contributed by atoms with Crippen molar-refractivity contribution in [1.82, 2.24) is 5.32 Å². The van der Waals surface area contributed by atoms with Crippen LogP contribution >= 0.6 is 0 Å². The van der Waals surface area contributed by atoms with Gasteiger partial charge in [0.25, 0.3) is 0 Å². The SMILES string of the molecule is O=C(CCc1ccc(NCC(O)CO)cc1)NC1CC1. The maximum absolute atomic E-state index is 11.6. The van der Waals surface area contributed by atoms with Crippen molar-refractivity contribution in [2.45, 2.75) is 37.8 Å². The average molecular weight is 278 g/mol. The number of carbonyl (C=O) groups excluding carboxylic acids is 1. The topological polar surface area (TPSA) is 81.6 Å². The van der Waals surface area contributed by atoms with E-state index in [9.17, 15) is 9.90 Å². The Kier molecular flexibility index (Phi) is 5.38.